The maximum Gasteiger partial charge on any atom is 0.223 e. The lowest BCUT2D eigenvalue weighted by Gasteiger charge is -2.04. The first-order valence-corrected chi connectivity index (χ1v) is 6.20. The Labute approximate surface area is 109 Å². The van der Waals surface area contributed by atoms with Crippen LogP contribution in [0.25, 0.3) is 0 Å². The highest BCUT2D eigenvalue weighted by Crippen LogP contribution is 2.29. The van der Waals surface area contributed by atoms with E-state index < -0.39 is 0 Å². The summed E-state index contributed by atoms with van der Waals surface area (Å²) < 4.78 is 5.17. The molecule has 0 aliphatic carbocycles. The lowest BCUT2D eigenvalue weighted by atomic mass is 10.3. The van der Waals surface area contributed by atoms with Gasteiger partial charge in [-0.3, -0.25) is 0 Å². The van der Waals surface area contributed by atoms with Crippen molar-refractivity contribution in [2.75, 3.05) is 7.11 Å². The second-order valence-corrected chi connectivity index (χ2v) is 4.83. The molecule has 1 aromatic carbocycles. The van der Waals surface area contributed by atoms with Crippen molar-refractivity contribution in [2.45, 2.75) is 16.8 Å². The molecule has 0 N–H and O–H groups in total. The number of nitrogens with zero attached hydrogens (tertiary/aromatic N) is 2. The van der Waals surface area contributed by atoms with E-state index in [0.29, 0.717) is 0 Å². The van der Waals surface area contributed by atoms with Crippen LogP contribution in [0.5, 0.6) is 5.75 Å². The molecule has 0 aliphatic heterocycles. The van der Waals surface area contributed by atoms with Crippen molar-refractivity contribution >= 4 is 23.4 Å². The molecule has 2 aromatic rings. The third kappa shape index (κ3) is 3.35. The Morgan fingerprint density at radius 2 is 2.06 bits per heavy atom. The molecule has 0 amide bonds. The second kappa shape index (κ2) is 5.38. The molecule has 17 heavy (non-hydrogen) atoms. The second-order valence-electron chi connectivity index (χ2n) is 3.40. The zero-order valence-electron chi connectivity index (χ0n) is 9.48. The van der Waals surface area contributed by atoms with Gasteiger partial charge in [-0.1, -0.05) is 17.8 Å². The Morgan fingerprint density at radius 3 is 2.76 bits per heavy atom. The first-order chi connectivity index (χ1) is 8.17. The van der Waals surface area contributed by atoms with Gasteiger partial charge in [-0.25, -0.2) is 9.97 Å². The first-order valence-electron chi connectivity index (χ1n) is 5.00. The van der Waals surface area contributed by atoms with Crippen LogP contribution >= 0.6 is 23.4 Å². The van der Waals surface area contributed by atoms with E-state index in [4.69, 9.17) is 16.3 Å². The standard InChI is InChI=1S/C12H11ClN2OS/c1-8-6-11(15-12(13)14-8)17-10-5-3-4-9(7-10)16-2/h3-7H,1-2H3. The molecule has 3 nitrogen and oxygen atoms in total. The molecule has 0 spiro atoms. The highest BCUT2D eigenvalue weighted by molar-refractivity contribution is 7.99. The Hall–Kier alpha value is -1.26. The molecule has 0 saturated heterocycles. The number of methoxy groups -OCH3 is 1. The van der Waals surface area contributed by atoms with Gasteiger partial charge in [-0.05, 0) is 42.8 Å². The number of ether oxygens (including phenoxy) is 1. The number of hydrogen-bond donors (Lipinski definition) is 0. The SMILES string of the molecule is COc1cccc(Sc2cc(C)nc(Cl)n2)c1. The summed E-state index contributed by atoms with van der Waals surface area (Å²) in [6.07, 6.45) is 0. The van der Waals surface area contributed by atoms with E-state index in [1.165, 1.54) is 11.8 Å². The largest absolute Gasteiger partial charge is 0.497 e. The number of rotatable bonds is 3. The van der Waals surface area contributed by atoms with E-state index in [1.54, 1.807) is 7.11 Å². The lowest BCUT2D eigenvalue weighted by Crippen LogP contribution is -1.89. The monoisotopic (exact) mass is 266 g/mol. The number of hydrogen-bond acceptors (Lipinski definition) is 4. The number of halogens is 1. The molecule has 5 heteroatoms. The molecule has 0 bridgehead atoms. The predicted molar refractivity (Wildman–Crippen MR) is 68.9 cm³/mol. The van der Waals surface area contributed by atoms with Crippen molar-refractivity contribution in [3.05, 3.63) is 41.3 Å². The summed E-state index contributed by atoms with van der Waals surface area (Å²) in [6, 6.07) is 9.70. The fraction of sp³-hybridized carbons (Fsp3) is 0.167. The van der Waals surface area contributed by atoms with E-state index >= 15 is 0 Å². The fourth-order valence-electron chi connectivity index (χ4n) is 1.34. The molecular weight excluding hydrogens is 256 g/mol. The summed E-state index contributed by atoms with van der Waals surface area (Å²) in [7, 11) is 1.65. The van der Waals surface area contributed by atoms with E-state index in [0.717, 1.165) is 21.4 Å². The van der Waals surface area contributed by atoms with Crippen molar-refractivity contribution in [1.29, 1.82) is 0 Å². The summed E-state index contributed by atoms with van der Waals surface area (Å²) >= 11 is 7.34. The van der Waals surface area contributed by atoms with Gasteiger partial charge in [0.1, 0.15) is 10.8 Å². The Kier molecular flexibility index (Phi) is 3.86. The third-order valence-corrected chi connectivity index (χ3v) is 3.14. The van der Waals surface area contributed by atoms with Crippen LogP contribution in [0, 0.1) is 6.92 Å². The van der Waals surface area contributed by atoms with Gasteiger partial charge in [-0.2, -0.15) is 0 Å². The minimum Gasteiger partial charge on any atom is -0.497 e. The van der Waals surface area contributed by atoms with Gasteiger partial charge in [0.05, 0.1) is 7.11 Å². The van der Waals surface area contributed by atoms with E-state index in [-0.39, 0.29) is 5.28 Å². The van der Waals surface area contributed by atoms with Gasteiger partial charge < -0.3 is 4.74 Å². The fourth-order valence-corrected chi connectivity index (χ4v) is 2.54. The molecule has 0 fully saturated rings. The van der Waals surface area contributed by atoms with Crippen molar-refractivity contribution in [3.63, 3.8) is 0 Å². The predicted octanol–water partition coefficient (Wildman–Crippen LogP) is 3.60. The van der Waals surface area contributed by atoms with Crippen molar-refractivity contribution in [1.82, 2.24) is 9.97 Å². The van der Waals surface area contributed by atoms with Gasteiger partial charge in [0, 0.05) is 10.6 Å². The van der Waals surface area contributed by atoms with Crippen LogP contribution in [0.2, 0.25) is 5.28 Å². The molecule has 0 saturated carbocycles. The van der Waals surface area contributed by atoms with Crippen LogP contribution in [-0.4, -0.2) is 17.1 Å². The normalized spacial score (nSPS) is 10.3. The molecule has 0 unspecified atom stereocenters. The van der Waals surface area contributed by atoms with E-state index in [1.807, 2.05) is 37.3 Å². The maximum atomic E-state index is 5.81. The van der Waals surface area contributed by atoms with Gasteiger partial charge in [0.2, 0.25) is 5.28 Å². The maximum absolute atomic E-state index is 5.81. The van der Waals surface area contributed by atoms with Crippen molar-refractivity contribution in [2.24, 2.45) is 0 Å². The average molecular weight is 267 g/mol. The summed E-state index contributed by atoms with van der Waals surface area (Å²) in [4.78, 5) is 9.24. The van der Waals surface area contributed by atoms with E-state index in [9.17, 15) is 0 Å². The highest BCUT2D eigenvalue weighted by atomic mass is 35.5. The molecule has 2 rings (SSSR count). The molecule has 0 atom stereocenters. The Morgan fingerprint density at radius 1 is 1.24 bits per heavy atom. The lowest BCUT2D eigenvalue weighted by molar-refractivity contribution is 0.413. The van der Waals surface area contributed by atoms with Crippen LogP contribution in [0.3, 0.4) is 0 Å². The van der Waals surface area contributed by atoms with E-state index in [2.05, 4.69) is 9.97 Å². The van der Waals surface area contributed by atoms with Crippen molar-refractivity contribution in [3.8, 4) is 5.75 Å². The van der Waals surface area contributed by atoms with Crippen LogP contribution in [0.15, 0.2) is 40.3 Å². The highest BCUT2D eigenvalue weighted by Gasteiger charge is 2.03. The average Bonchev–Trinajstić information content (AvgIpc) is 2.28. The topological polar surface area (TPSA) is 35.0 Å². The number of aryl methyl sites for hydroxylation is 1. The Balaban J connectivity index is 2.24. The first kappa shape index (κ1) is 12.2. The molecule has 1 heterocycles. The van der Waals surface area contributed by atoms with Crippen LogP contribution in [-0.2, 0) is 0 Å². The number of aromatic nitrogens is 2. The van der Waals surface area contributed by atoms with Gasteiger partial charge in [-0.15, -0.1) is 0 Å². The minimum atomic E-state index is 0.274. The molecule has 88 valence electrons. The zero-order valence-corrected chi connectivity index (χ0v) is 11.0. The summed E-state index contributed by atoms with van der Waals surface area (Å²) in [5.41, 5.74) is 0.857. The van der Waals surface area contributed by atoms with Gasteiger partial charge in [0.25, 0.3) is 0 Å². The van der Waals surface area contributed by atoms with Gasteiger partial charge in [0.15, 0.2) is 0 Å². The van der Waals surface area contributed by atoms with Crippen molar-refractivity contribution < 1.29 is 4.74 Å². The number of benzene rings is 1. The summed E-state index contributed by atoms with van der Waals surface area (Å²) in [5.74, 6) is 0.826. The molecule has 1 aromatic heterocycles. The molecule has 0 aliphatic rings. The zero-order chi connectivity index (χ0) is 12.3. The smallest absolute Gasteiger partial charge is 0.223 e. The molecular formula is C12H11ClN2OS. The van der Waals surface area contributed by atoms with Crippen LogP contribution in [0.1, 0.15) is 5.69 Å². The Bertz CT molecular complexity index is 513. The summed E-state index contributed by atoms with van der Waals surface area (Å²) in [5, 5.41) is 1.10. The van der Waals surface area contributed by atoms with Crippen LogP contribution < -0.4 is 4.74 Å². The van der Waals surface area contributed by atoms with Gasteiger partial charge >= 0.3 is 0 Å². The van der Waals surface area contributed by atoms with Crippen LogP contribution in [0.4, 0.5) is 0 Å². The molecule has 0 radical (unpaired) electrons. The minimum absolute atomic E-state index is 0.274. The third-order valence-electron chi connectivity index (χ3n) is 2.07. The summed E-state index contributed by atoms with van der Waals surface area (Å²) in [6.45, 7) is 1.89. The quantitative estimate of drug-likeness (QED) is 0.628.